The number of hydrogen-bond acceptors (Lipinski definition) is 2. The van der Waals surface area contributed by atoms with Crippen LogP contribution in [0.3, 0.4) is 0 Å². The Bertz CT molecular complexity index is 506. The fraction of sp³-hybridized carbons (Fsp3) is 0.467. The van der Waals surface area contributed by atoms with Crippen molar-refractivity contribution in [3.8, 4) is 0 Å². The third-order valence-electron chi connectivity index (χ3n) is 3.70. The number of aromatic carboxylic acids is 1. The van der Waals surface area contributed by atoms with Gasteiger partial charge in [0, 0.05) is 18.8 Å². The molecule has 1 aromatic carbocycles. The molecule has 108 valence electrons. The number of rotatable bonds is 2. The Morgan fingerprint density at radius 2 is 1.80 bits per heavy atom. The van der Waals surface area contributed by atoms with Gasteiger partial charge < -0.3 is 15.3 Å². The Morgan fingerprint density at radius 3 is 2.40 bits per heavy atom. The van der Waals surface area contributed by atoms with Crippen LogP contribution in [-0.4, -0.2) is 35.1 Å². The van der Waals surface area contributed by atoms with Crippen LogP contribution >= 0.6 is 0 Å². The molecule has 0 radical (unpaired) electrons. The number of hydrogen-bond donors (Lipinski definition) is 2. The standard InChI is InChI=1S/C15H20N2O3/c1-11-12(14(18)19)7-6-8-13(11)16-15(20)17-9-4-2-3-5-10-17/h6-8H,2-5,9-10H2,1H3,(H,16,20)(H,18,19). The minimum Gasteiger partial charge on any atom is -0.478 e. The number of urea groups is 1. The highest BCUT2D eigenvalue weighted by Gasteiger charge is 2.17. The number of carboxylic acids is 1. The van der Waals surface area contributed by atoms with Gasteiger partial charge in [0.05, 0.1) is 5.56 Å². The molecule has 0 aliphatic carbocycles. The van der Waals surface area contributed by atoms with Gasteiger partial charge in [0.25, 0.3) is 0 Å². The van der Waals surface area contributed by atoms with Gasteiger partial charge in [-0.1, -0.05) is 18.9 Å². The van der Waals surface area contributed by atoms with Crippen molar-refractivity contribution in [2.45, 2.75) is 32.6 Å². The molecule has 1 aromatic rings. The monoisotopic (exact) mass is 276 g/mol. The third kappa shape index (κ3) is 3.29. The van der Waals surface area contributed by atoms with Gasteiger partial charge in [0.2, 0.25) is 0 Å². The van der Waals surface area contributed by atoms with Crippen LogP contribution < -0.4 is 5.32 Å². The van der Waals surface area contributed by atoms with Crippen LogP contribution in [0.15, 0.2) is 18.2 Å². The van der Waals surface area contributed by atoms with Crippen molar-refractivity contribution in [3.63, 3.8) is 0 Å². The van der Waals surface area contributed by atoms with E-state index in [0.717, 1.165) is 38.8 Å². The number of nitrogens with zero attached hydrogens (tertiary/aromatic N) is 1. The topological polar surface area (TPSA) is 69.6 Å². The number of amides is 2. The Labute approximate surface area is 118 Å². The zero-order valence-corrected chi connectivity index (χ0v) is 11.7. The summed E-state index contributed by atoms with van der Waals surface area (Å²) < 4.78 is 0. The van der Waals surface area contributed by atoms with E-state index in [1.807, 2.05) is 0 Å². The van der Waals surface area contributed by atoms with Gasteiger partial charge in [0.1, 0.15) is 0 Å². The van der Waals surface area contributed by atoms with Gasteiger partial charge in [-0.2, -0.15) is 0 Å². The van der Waals surface area contributed by atoms with Crippen molar-refractivity contribution in [2.24, 2.45) is 0 Å². The summed E-state index contributed by atoms with van der Waals surface area (Å²) in [4.78, 5) is 25.1. The van der Waals surface area contributed by atoms with Gasteiger partial charge in [-0.05, 0) is 37.5 Å². The highest BCUT2D eigenvalue weighted by Crippen LogP contribution is 2.20. The Balaban J connectivity index is 2.11. The molecule has 2 N–H and O–H groups in total. The van der Waals surface area contributed by atoms with Gasteiger partial charge in [-0.25, -0.2) is 9.59 Å². The quantitative estimate of drug-likeness (QED) is 0.872. The van der Waals surface area contributed by atoms with E-state index in [-0.39, 0.29) is 11.6 Å². The van der Waals surface area contributed by atoms with Crippen LogP contribution in [0.1, 0.15) is 41.6 Å². The van der Waals surface area contributed by atoms with E-state index in [1.165, 1.54) is 0 Å². The van der Waals surface area contributed by atoms with Gasteiger partial charge in [-0.15, -0.1) is 0 Å². The van der Waals surface area contributed by atoms with Gasteiger partial charge >= 0.3 is 12.0 Å². The molecule has 0 atom stereocenters. The predicted molar refractivity (Wildman–Crippen MR) is 77.2 cm³/mol. The second kappa shape index (κ2) is 6.41. The molecular weight excluding hydrogens is 256 g/mol. The lowest BCUT2D eigenvalue weighted by molar-refractivity contribution is 0.0696. The molecule has 2 amide bonds. The first-order valence-corrected chi connectivity index (χ1v) is 6.98. The maximum absolute atomic E-state index is 12.2. The molecule has 2 rings (SSSR count). The minimum absolute atomic E-state index is 0.141. The van der Waals surface area contributed by atoms with Crippen LogP contribution in [0.4, 0.5) is 10.5 Å². The molecule has 0 saturated carbocycles. The zero-order valence-electron chi connectivity index (χ0n) is 11.7. The van der Waals surface area contributed by atoms with E-state index in [2.05, 4.69) is 5.32 Å². The Hall–Kier alpha value is -2.04. The fourth-order valence-electron chi connectivity index (χ4n) is 2.47. The average Bonchev–Trinajstić information content (AvgIpc) is 2.69. The summed E-state index contributed by atoms with van der Waals surface area (Å²) in [5.41, 5.74) is 1.38. The number of carbonyl (C=O) groups is 2. The first-order valence-electron chi connectivity index (χ1n) is 6.98. The fourth-order valence-corrected chi connectivity index (χ4v) is 2.47. The van der Waals surface area contributed by atoms with Crippen LogP contribution in [-0.2, 0) is 0 Å². The smallest absolute Gasteiger partial charge is 0.336 e. The number of benzene rings is 1. The van der Waals surface area contributed by atoms with E-state index >= 15 is 0 Å². The first-order chi connectivity index (χ1) is 9.59. The molecule has 0 bridgehead atoms. The summed E-state index contributed by atoms with van der Waals surface area (Å²) in [6.07, 6.45) is 4.39. The van der Waals surface area contributed by atoms with Crippen molar-refractivity contribution in [1.29, 1.82) is 0 Å². The number of nitrogens with one attached hydrogen (secondary N) is 1. The lowest BCUT2D eigenvalue weighted by Gasteiger charge is -2.21. The number of carbonyl (C=O) groups excluding carboxylic acids is 1. The maximum atomic E-state index is 12.2. The molecule has 0 unspecified atom stereocenters. The second-order valence-corrected chi connectivity index (χ2v) is 5.11. The summed E-state index contributed by atoms with van der Waals surface area (Å²) in [5.74, 6) is -0.978. The maximum Gasteiger partial charge on any atom is 0.336 e. The van der Waals surface area contributed by atoms with Crippen molar-refractivity contribution in [2.75, 3.05) is 18.4 Å². The summed E-state index contributed by atoms with van der Waals surface area (Å²) in [6, 6.07) is 4.78. The van der Waals surface area contributed by atoms with Crippen molar-refractivity contribution >= 4 is 17.7 Å². The molecule has 1 aliphatic heterocycles. The molecule has 1 heterocycles. The van der Waals surface area contributed by atoms with E-state index in [4.69, 9.17) is 5.11 Å². The predicted octanol–water partition coefficient (Wildman–Crippen LogP) is 3.10. The van der Waals surface area contributed by atoms with Crippen LogP contribution in [0.2, 0.25) is 0 Å². The lowest BCUT2D eigenvalue weighted by Crippen LogP contribution is -2.35. The molecule has 1 aliphatic rings. The van der Waals surface area contributed by atoms with E-state index in [1.54, 1.807) is 30.0 Å². The zero-order chi connectivity index (χ0) is 14.5. The average molecular weight is 276 g/mol. The lowest BCUT2D eigenvalue weighted by atomic mass is 10.1. The van der Waals surface area contributed by atoms with Crippen molar-refractivity contribution in [1.82, 2.24) is 4.90 Å². The van der Waals surface area contributed by atoms with E-state index in [0.29, 0.717) is 11.3 Å². The first kappa shape index (κ1) is 14.4. The summed E-state index contributed by atoms with van der Waals surface area (Å²) in [5, 5.41) is 11.9. The molecule has 1 saturated heterocycles. The molecule has 5 nitrogen and oxygen atoms in total. The molecule has 0 aromatic heterocycles. The SMILES string of the molecule is Cc1c(NC(=O)N2CCCCCC2)cccc1C(=O)O. The number of anilines is 1. The molecule has 0 spiro atoms. The highest BCUT2D eigenvalue weighted by molar-refractivity contribution is 5.95. The summed E-state index contributed by atoms with van der Waals surface area (Å²) >= 11 is 0. The summed E-state index contributed by atoms with van der Waals surface area (Å²) in [6.45, 7) is 3.24. The molecule has 5 heteroatoms. The van der Waals surface area contributed by atoms with Crippen LogP contribution in [0.5, 0.6) is 0 Å². The van der Waals surface area contributed by atoms with Crippen LogP contribution in [0.25, 0.3) is 0 Å². The van der Waals surface area contributed by atoms with Crippen molar-refractivity contribution in [3.05, 3.63) is 29.3 Å². The van der Waals surface area contributed by atoms with Crippen molar-refractivity contribution < 1.29 is 14.7 Å². The molecule has 20 heavy (non-hydrogen) atoms. The third-order valence-corrected chi connectivity index (χ3v) is 3.70. The summed E-state index contributed by atoms with van der Waals surface area (Å²) in [7, 11) is 0. The second-order valence-electron chi connectivity index (χ2n) is 5.11. The molecule has 1 fully saturated rings. The highest BCUT2D eigenvalue weighted by atomic mass is 16.4. The number of carboxylic acid groups (broad SMARTS) is 1. The van der Waals surface area contributed by atoms with E-state index < -0.39 is 5.97 Å². The van der Waals surface area contributed by atoms with Gasteiger partial charge in [-0.3, -0.25) is 0 Å². The Kier molecular flexibility index (Phi) is 4.61. The Morgan fingerprint density at radius 1 is 1.15 bits per heavy atom. The van der Waals surface area contributed by atoms with E-state index in [9.17, 15) is 9.59 Å². The number of likely N-dealkylation sites (tertiary alicyclic amines) is 1. The molecular formula is C15H20N2O3. The normalized spacial score (nSPS) is 15.6. The van der Waals surface area contributed by atoms with Crippen LogP contribution in [0, 0.1) is 6.92 Å². The largest absolute Gasteiger partial charge is 0.478 e. The minimum atomic E-state index is -0.978. The van der Waals surface area contributed by atoms with Gasteiger partial charge in [0.15, 0.2) is 0 Å².